The van der Waals surface area contributed by atoms with Crippen molar-refractivity contribution >= 4 is 27.3 Å². The van der Waals surface area contributed by atoms with Crippen molar-refractivity contribution in [3.8, 4) is 0 Å². The van der Waals surface area contributed by atoms with Gasteiger partial charge in [0, 0.05) is 18.0 Å². The number of benzene rings is 1. The van der Waals surface area contributed by atoms with Gasteiger partial charge in [0.25, 0.3) is 0 Å². The third-order valence-electron chi connectivity index (χ3n) is 3.45. The van der Waals surface area contributed by atoms with Gasteiger partial charge in [0.15, 0.2) is 9.84 Å². The fourth-order valence-electron chi connectivity index (χ4n) is 2.36. The summed E-state index contributed by atoms with van der Waals surface area (Å²) in [6.45, 7) is 0.555. The van der Waals surface area contributed by atoms with Crippen LogP contribution in [0.1, 0.15) is 18.4 Å². The summed E-state index contributed by atoms with van der Waals surface area (Å²) < 4.78 is 22.6. The Balaban J connectivity index is 1.69. The molecule has 4 nitrogen and oxygen atoms in total. The summed E-state index contributed by atoms with van der Waals surface area (Å²) in [6, 6.07) is 7.50. The van der Waals surface area contributed by atoms with Gasteiger partial charge in [0.05, 0.1) is 11.5 Å². The van der Waals surface area contributed by atoms with Gasteiger partial charge < -0.3 is 5.32 Å². The molecule has 1 aliphatic heterocycles. The van der Waals surface area contributed by atoms with Crippen molar-refractivity contribution in [2.24, 2.45) is 5.92 Å². The second-order valence-corrected chi connectivity index (χ2v) is 7.86. The lowest BCUT2D eigenvalue weighted by Crippen LogP contribution is -2.27. The van der Waals surface area contributed by atoms with Crippen molar-refractivity contribution < 1.29 is 13.2 Å². The monoisotopic (exact) mass is 315 g/mol. The van der Waals surface area contributed by atoms with Crippen LogP contribution in [0.15, 0.2) is 24.3 Å². The van der Waals surface area contributed by atoms with Crippen LogP contribution in [0, 0.1) is 5.92 Å². The van der Waals surface area contributed by atoms with Crippen LogP contribution in [0.3, 0.4) is 0 Å². The van der Waals surface area contributed by atoms with Crippen LogP contribution in [0.5, 0.6) is 0 Å². The molecule has 1 aliphatic rings. The summed E-state index contributed by atoms with van der Waals surface area (Å²) in [6.07, 6.45) is 1.65. The van der Waals surface area contributed by atoms with E-state index in [2.05, 4.69) is 5.32 Å². The molecule has 0 saturated carbocycles. The van der Waals surface area contributed by atoms with Crippen molar-refractivity contribution in [1.29, 1.82) is 0 Å². The fourth-order valence-corrected chi connectivity index (χ4v) is 4.35. The number of hydrogen-bond acceptors (Lipinski definition) is 3. The van der Waals surface area contributed by atoms with Crippen molar-refractivity contribution in [1.82, 2.24) is 5.32 Å². The molecule has 0 radical (unpaired) electrons. The number of carbonyl (C=O) groups excluding carboxylic acids is 1. The lowest BCUT2D eigenvalue weighted by Gasteiger charge is -2.08. The molecule has 1 atom stereocenters. The average molecular weight is 316 g/mol. The maximum absolute atomic E-state index is 11.7. The lowest BCUT2D eigenvalue weighted by molar-refractivity contribution is -0.121. The molecule has 1 aromatic carbocycles. The summed E-state index contributed by atoms with van der Waals surface area (Å²) >= 11 is 5.80. The molecule has 20 heavy (non-hydrogen) atoms. The molecule has 1 saturated heterocycles. The van der Waals surface area contributed by atoms with E-state index in [0.29, 0.717) is 24.4 Å². The Hall–Kier alpha value is -1.07. The standard InChI is InChI=1S/C14H18ClNO3S/c15-13-3-1-11(2-4-13)5-7-16-14(17)9-12-6-8-20(18,19)10-12/h1-4,12H,5-10H2,(H,16,17)/t12-/m1/s1. The molecule has 110 valence electrons. The zero-order valence-corrected chi connectivity index (χ0v) is 12.7. The number of sulfone groups is 1. The number of amides is 1. The molecule has 0 aromatic heterocycles. The summed E-state index contributed by atoms with van der Waals surface area (Å²) in [5, 5.41) is 3.53. The first-order chi connectivity index (χ1) is 9.44. The van der Waals surface area contributed by atoms with Crippen LogP contribution < -0.4 is 5.32 Å². The highest BCUT2D eigenvalue weighted by atomic mass is 35.5. The second kappa shape index (κ2) is 6.59. The molecule has 1 amide bonds. The Morgan fingerprint density at radius 3 is 2.60 bits per heavy atom. The normalized spacial score (nSPS) is 20.8. The molecular formula is C14H18ClNO3S. The number of rotatable bonds is 5. The van der Waals surface area contributed by atoms with Gasteiger partial charge in [-0.05, 0) is 36.5 Å². The zero-order valence-electron chi connectivity index (χ0n) is 11.1. The van der Waals surface area contributed by atoms with Crippen molar-refractivity contribution in [2.75, 3.05) is 18.1 Å². The van der Waals surface area contributed by atoms with Gasteiger partial charge >= 0.3 is 0 Å². The van der Waals surface area contributed by atoms with E-state index >= 15 is 0 Å². The van der Waals surface area contributed by atoms with Crippen LogP contribution in [0.2, 0.25) is 5.02 Å². The number of carbonyl (C=O) groups is 1. The fraction of sp³-hybridized carbons (Fsp3) is 0.500. The van der Waals surface area contributed by atoms with E-state index in [1.165, 1.54) is 0 Å². The summed E-state index contributed by atoms with van der Waals surface area (Å²) in [7, 11) is -2.90. The first-order valence-electron chi connectivity index (χ1n) is 6.66. The highest BCUT2D eigenvalue weighted by Gasteiger charge is 2.29. The Morgan fingerprint density at radius 1 is 1.30 bits per heavy atom. The maximum Gasteiger partial charge on any atom is 0.220 e. The lowest BCUT2D eigenvalue weighted by atomic mass is 10.0. The SMILES string of the molecule is O=C(C[C@H]1CCS(=O)(=O)C1)NCCc1ccc(Cl)cc1. The van der Waals surface area contributed by atoms with E-state index in [9.17, 15) is 13.2 Å². The van der Waals surface area contributed by atoms with Crippen molar-refractivity contribution in [2.45, 2.75) is 19.3 Å². The van der Waals surface area contributed by atoms with E-state index in [1.54, 1.807) is 0 Å². The Kier molecular flexibility index (Phi) is 5.05. The summed E-state index contributed by atoms with van der Waals surface area (Å²) in [5.74, 6) is 0.282. The highest BCUT2D eigenvalue weighted by Crippen LogP contribution is 2.21. The summed E-state index contributed by atoms with van der Waals surface area (Å²) in [5.41, 5.74) is 1.11. The number of nitrogens with one attached hydrogen (secondary N) is 1. The predicted molar refractivity (Wildman–Crippen MR) is 79.5 cm³/mol. The molecule has 0 bridgehead atoms. The van der Waals surface area contributed by atoms with E-state index in [-0.39, 0.29) is 23.3 Å². The van der Waals surface area contributed by atoms with E-state index < -0.39 is 9.84 Å². The van der Waals surface area contributed by atoms with Crippen LogP contribution >= 0.6 is 11.6 Å². The third-order valence-corrected chi connectivity index (χ3v) is 5.54. The number of hydrogen-bond donors (Lipinski definition) is 1. The van der Waals surface area contributed by atoms with Gasteiger partial charge in [-0.2, -0.15) is 0 Å². The molecule has 6 heteroatoms. The van der Waals surface area contributed by atoms with Crippen LogP contribution in [-0.4, -0.2) is 32.4 Å². The molecule has 1 heterocycles. The predicted octanol–water partition coefficient (Wildman–Crippen LogP) is 1.82. The largest absolute Gasteiger partial charge is 0.356 e. The van der Waals surface area contributed by atoms with E-state index in [1.807, 2.05) is 24.3 Å². The molecule has 0 aliphatic carbocycles. The van der Waals surface area contributed by atoms with Gasteiger partial charge in [0.2, 0.25) is 5.91 Å². The topological polar surface area (TPSA) is 63.2 Å². The number of halogens is 1. The first kappa shape index (κ1) is 15.3. The Morgan fingerprint density at radius 2 is 2.00 bits per heavy atom. The minimum absolute atomic E-state index is 0.0180. The maximum atomic E-state index is 11.7. The Labute approximate surface area is 124 Å². The third kappa shape index (κ3) is 4.80. The second-order valence-electron chi connectivity index (χ2n) is 5.20. The zero-order chi connectivity index (χ0) is 14.6. The molecular weight excluding hydrogens is 298 g/mol. The van der Waals surface area contributed by atoms with Crippen LogP contribution in [-0.2, 0) is 21.1 Å². The molecule has 1 fully saturated rings. The van der Waals surface area contributed by atoms with Crippen molar-refractivity contribution in [3.63, 3.8) is 0 Å². The van der Waals surface area contributed by atoms with Gasteiger partial charge in [-0.15, -0.1) is 0 Å². The van der Waals surface area contributed by atoms with Crippen LogP contribution in [0.4, 0.5) is 0 Å². The minimum Gasteiger partial charge on any atom is -0.356 e. The van der Waals surface area contributed by atoms with Crippen molar-refractivity contribution in [3.05, 3.63) is 34.9 Å². The van der Waals surface area contributed by atoms with Gasteiger partial charge in [-0.3, -0.25) is 4.79 Å². The minimum atomic E-state index is -2.90. The van der Waals surface area contributed by atoms with Gasteiger partial charge in [-0.25, -0.2) is 8.42 Å². The molecule has 1 aromatic rings. The van der Waals surface area contributed by atoms with Gasteiger partial charge in [-0.1, -0.05) is 23.7 Å². The molecule has 2 rings (SSSR count). The van der Waals surface area contributed by atoms with Gasteiger partial charge in [0.1, 0.15) is 0 Å². The summed E-state index contributed by atoms with van der Waals surface area (Å²) in [4.78, 5) is 11.7. The quantitative estimate of drug-likeness (QED) is 0.901. The van der Waals surface area contributed by atoms with Crippen LogP contribution in [0.25, 0.3) is 0 Å². The van der Waals surface area contributed by atoms with E-state index in [4.69, 9.17) is 11.6 Å². The molecule has 1 N–H and O–H groups in total. The first-order valence-corrected chi connectivity index (χ1v) is 8.86. The molecule has 0 unspecified atom stereocenters. The smallest absolute Gasteiger partial charge is 0.220 e. The van der Waals surface area contributed by atoms with E-state index in [0.717, 1.165) is 12.0 Å². The molecule has 0 spiro atoms. The highest BCUT2D eigenvalue weighted by molar-refractivity contribution is 7.91. The average Bonchev–Trinajstić information content (AvgIpc) is 2.71. The Bertz CT molecular complexity index is 569.